The van der Waals surface area contributed by atoms with Gasteiger partial charge in [0.1, 0.15) is 5.75 Å². The van der Waals surface area contributed by atoms with Gasteiger partial charge in [-0.3, -0.25) is 14.9 Å². The number of rotatable bonds is 8. The molecule has 27 heavy (non-hydrogen) atoms. The van der Waals surface area contributed by atoms with Gasteiger partial charge < -0.3 is 14.8 Å². The molecule has 0 fully saturated rings. The van der Waals surface area contributed by atoms with E-state index < -0.39 is 23.4 Å². The Bertz CT molecular complexity index is 800. The third kappa shape index (κ3) is 6.43. The van der Waals surface area contributed by atoms with Gasteiger partial charge in [-0.1, -0.05) is 26.0 Å². The summed E-state index contributed by atoms with van der Waals surface area (Å²) < 4.78 is 10.2. The molecule has 0 aliphatic carbocycles. The fourth-order valence-corrected chi connectivity index (χ4v) is 2.14. The Hall–Kier alpha value is -3.42. The molecule has 0 heterocycles. The maximum absolute atomic E-state index is 11.7. The number of hydrogen-bond acceptors (Lipinski definition) is 6. The van der Waals surface area contributed by atoms with Crippen molar-refractivity contribution < 1.29 is 24.0 Å². The number of carbonyl (C=O) groups excluding carboxylic acids is 2. The molecule has 2 aromatic carbocycles. The molecule has 2 aromatic rings. The lowest BCUT2D eigenvalue weighted by Crippen LogP contribution is -2.23. The molecule has 0 aliphatic heterocycles. The lowest BCUT2D eigenvalue weighted by Gasteiger charge is -2.09. The van der Waals surface area contributed by atoms with Crippen LogP contribution in [0.2, 0.25) is 0 Å². The number of esters is 1. The maximum atomic E-state index is 11.7. The lowest BCUT2D eigenvalue weighted by molar-refractivity contribution is -0.384. The molecular formula is C19H20N2O6. The van der Waals surface area contributed by atoms with E-state index in [1.165, 1.54) is 24.3 Å². The minimum Gasteiger partial charge on any atom is -0.482 e. The number of nitro benzene ring substituents is 1. The van der Waals surface area contributed by atoms with E-state index in [9.17, 15) is 19.7 Å². The molecule has 0 spiro atoms. The standard InChI is InChI=1S/C19H20N2O6/c1-13(2)14-3-9-17(10-4-14)26-12-19(23)27-11-18(22)20-15-5-7-16(8-6-15)21(24)25/h3-10,13H,11-12H2,1-2H3,(H,20,22). The van der Waals surface area contributed by atoms with E-state index in [0.29, 0.717) is 17.4 Å². The van der Waals surface area contributed by atoms with Gasteiger partial charge >= 0.3 is 5.97 Å². The zero-order valence-corrected chi connectivity index (χ0v) is 15.0. The van der Waals surface area contributed by atoms with Crippen LogP contribution in [0.4, 0.5) is 11.4 Å². The van der Waals surface area contributed by atoms with Crippen LogP contribution in [0.15, 0.2) is 48.5 Å². The Morgan fingerprint density at radius 2 is 1.67 bits per heavy atom. The number of non-ortho nitro benzene ring substituents is 1. The fourth-order valence-electron chi connectivity index (χ4n) is 2.14. The van der Waals surface area contributed by atoms with Gasteiger partial charge in [-0.25, -0.2) is 4.79 Å². The molecular weight excluding hydrogens is 352 g/mol. The predicted molar refractivity (Wildman–Crippen MR) is 98.7 cm³/mol. The Labute approximate surface area is 156 Å². The molecule has 0 unspecified atom stereocenters. The van der Waals surface area contributed by atoms with Crippen LogP contribution in [-0.2, 0) is 14.3 Å². The van der Waals surface area contributed by atoms with Crippen molar-refractivity contribution in [3.05, 3.63) is 64.2 Å². The molecule has 0 aromatic heterocycles. The number of nitro groups is 1. The molecule has 1 N–H and O–H groups in total. The van der Waals surface area contributed by atoms with Crippen molar-refractivity contribution in [2.24, 2.45) is 0 Å². The fraction of sp³-hybridized carbons (Fsp3) is 0.263. The smallest absolute Gasteiger partial charge is 0.344 e. The van der Waals surface area contributed by atoms with E-state index >= 15 is 0 Å². The molecule has 0 saturated heterocycles. The molecule has 8 heteroatoms. The molecule has 2 rings (SSSR count). The maximum Gasteiger partial charge on any atom is 0.344 e. The van der Waals surface area contributed by atoms with Crippen LogP contribution in [0, 0.1) is 10.1 Å². The summed E-state index contributed by atoms with van der Waals surface area (Å²) >= 11 is 0. The second-order valence-electron chi connectivity index (χ2n) is 6.03. The lowest BCUT2D eigenvalue weighted by atomic mass is 10.0. The van der Waals surface area contributed by atoms with E-state index in [1.807, 2.05) is 12.1 Å². The van der Waals surface area contributed by atoms with Gasteiger partial charge in [0.05, 0.1) is 4.92 Å². The average molecular weight is 372 g/mol. The van der Waals surface area contributed by atoms with Gasteiger partial charge in [0.25, 0.3) is 11.6 Å². The van der Waals surface area contributed by atoms with Gasteiger partial charge in [-0.15, -0.1) is 0 Å². The summed E-state index contributed by atoms with van der Waals surface area (Å²) in [5.74, 6) is -0.301. The third-order valence-corrected chi connectivity index (χ3v) is 3.63. The second kappa shape index (κ2) is 9.33. The number of amides is 1. The largest absolute Gasteiger partial charge is 0.482 e. The van der Waals surface area contributed by atoms with Crippen LogP contribution in [-0.4, -0.2) is 30.0 Å². The van der Waals surface area contributed by atoms with Crippen LogP contribution in [0.1, 0.15) is 25.3 Å². The molecule has 0 bridgehead atoms. The van der Waals surface area contributed by atoms with Crippen molar-refractivity contribution in [2.45, 2.75) is 19.8 Å². The SMILES string of the molecule is CC(C)c1ccc(OCC(=O)OCC(=O)Nc2ccc([N+](=O)[O-])cc2)cc1. The molecule has 0 saturated carbocycles. The minimum atomic E-state index is -0.679. The van der Waals surface area contributed by atoms with E-state index in [-0.39, 0.29) is 12.3 Å². The monoisotopic (exact) mass is 372 g/mol. The van der Waals surface area contributed by atoms with Crippen molar-refractivity contribution in [2.75, 3.05) is 18.5 Å². The van der Waals surface area contributed by atoms with E-state index in [2.05, 4.69) is 19.2 Å². The van der Waals surface area contributed by atoms with E-state index in [4.69, 9.17) is 9.47 Å². The summed E-state index contributed by atoms with van der Waals surface area (Å²) in [6.45, 7) is 3.36. The highest BCUT2D eigenvalue weighted by molar-refractivity contribution is 5.92. The van der Waals surface area contributed by atoms with Gasteiger partial charge in [0, 0.05) is 17.8 Å². The minimum absolute atomic E-state index is 0.0852. The summed E-state index contributed by atoms with van der Waals surface area (Å²) in [5.41, 5.74) is 1.44. The van der Waals surface area contributed by atoms with Crippen molar-refractivity contribution in [1.29, 1.82) is 0 Å². The molecule has 0 aliphatic rings. The Morgan fingerprint density at radius 1 is 1.04 bits per heavy atom. The van der Waals surface area contributed by atoms with Crippen LogP contribution < -0.4 is 10.1 Å². The van der Waals surface area contributed by atoms with Crippen molar-refractivity contribution in [1.82, 2.24) is 0 Å². The number of anilines is 1. The Balaban J connectivity index is 1.72. The zero-order valence-electron chi connectivity index (χ0n) is 15.0. The van der Waals surface area contributed by atoms with E-state index in [1.54, 1.807) is 12.1 Å². The number of ether oxygens (including phenoxy) is 2. The van der Waals surface area contributed by atoms with E-state index in [0.717, 1.165) is 5.56 Å². The molecule has 8 nitrogen and oxygen atoms in total. The first-order valence-corrected chi connectivity index (χ1v) is 8.28. The predicted octanol–water partition coefficient (Wildman–Crippen LogP) is 3.28. The summed E-state index contributed by atoms with van der Waals surface area (Å²) in [5, 5.41) is 13.0. The van der Waals surface area contributed by atoms with Crippen LogP contribution in [0.3, 0.4) is 0 Å². The van der Waals surface area contributed by atoms with Crippen molar-refractivity contribution in [3.8, 4) is 5.75 Å². The summed E-state index contributed by atoms with van der Waals surface area (Å²) in [6.07, 6.45) is 0. The zero-order chi connectivity index (χ0) is 19.8. The number of nitrogens with one attached hydrogen (secondary N) is 1. The molecule has 142 valence electrons. The van der Waals surface area contributed by atoms with Gasteiger partial charge in [-0.05, 0) is 35.7 Å². The molecule has 0 atom stereocenters. The van der Waals surface area contributed by atoms with Crippen LogP contribution in [0.25, 0.3) is 0 Å². The van der Waals surface area contributed by atoms with Crippen LogP contribution >= 0.6 is 0 Å². The highest BCUT2D eigenvalue weighted by Crippen LogP contribution is 2.18. The van der Waals surface area contributed by atoms with Crippen LogP contribution in [0.5, 0.6) is 5.75 Å². The summed E-state index contributed by atoms with van der Waals surface area (Å²) in [7, 11) is 0. The quantitative estimate of drug-likeness (QED) is 0.433. The summed E-state index contributed by atoms with van der Waals surface area (Å²) in [4.78, 5) is 33.4. The topological polar surface area (TPSA) is 108 Å². The number of carbonyl (C=O) groups is 2. The number of hydrogen-bond donors (Lipinski definition) is 1. The van der Waals surface area contributed by atoms with Gasteiger partial charge in [-0.2, -0.15) is 0 Å². The van der Waals surface area contributed by atoms with Gasteiger partial charge in [0.2, 0.25) is 0 Å². The van der Waals surface area contributed by atoms with Crippen molar-refractivity contribution in [3.63, 3.8) is 0 Å². The molecule has 1 amide bonds. The average Bonchev–Trinajstić information content (AvgIpc) is 2.65. The highest BCUT2D eigenvalue weighted by Gasteiger charge is 2.10. The molecule has 0 radical (unpaired) electrons. The first-order chi connectivity index (χ1) is 12.8. The first-order valence-electron chi connectivity index (χ1n) is 8.28. The normalized spacial score (nSPS) is 10.3. The third-order valence-electron chi connectivity index (χ3n) is 3.63. The Kier molecular flexibility index (Phi) is 6.87. The number of nitrogens with zero attached hydrogens (tertiary/aromatic N) is 1. The number of benzene rings is 2. The highest BCUT2D eigenvalue weighted by atomic mass is 16.6. The first kappa shape index (κ1) is 19.9. The van der Waals surface area contributed by atoms with Gasteiger partial charge in [0.15, 0.2) is 13.2 Å². The second-order valence-corrected chi connectivity index (χ2v) is 6.03. The van der Waals surface area contributed by atoms with Crippen molar-refractivity contribution >= 4 is 23.3 Å². The Morgan fingerprint density at radius 3 is 2.22 bits per heavy atom. The summed E-state index contributed by atoms with van der Waals surface area (Å²) in [6, 6.07) is 12.7.